The summed E-state index contributed by atoms with van der Waals surface area (Å²) >= 11 is 0. The van der Waals surface area contributed by atoms with E-state index in [0.29, 0.717) is 41.8 Å². The lowest BCUT2D eigenvalue weighted by Crippen LogP contribution is -2.16. The van der Waals surface area contributed by atoms with Crippen molar-refractivity contribution in [2.75, 3.05) is 18.5 Å². The van der Waals surface area contributed by atoms with Crippen LogP contribution in [0.25, 0.3) is 0 Å². The van der Waals surface area contributed by atoms with Crippen molar-refractivity contribution in [1.82, 2.24) is 9.97 Å². The molecule has 1 aliphatic heterocycles. The predicted molar refractivity (Wildman–Crippen MR) is 71.3 cm³/mol. The van der Waals surface area contributed by atoms with E-state index in [1.165, 1.54) is 6.20 Å². The smallest absolute Gasteiger partial charge is 0.257 e. The van der Waals surface area contributed by atoms with Gasteiger partial charge < -0.3 is 20.5 Å². The third kappa shape index (κ3) is 2.33. The van der Waals surface area contributed by atoms with Crippen molar-refractivity contribution < 1.29 is 14.3 Å². The van der Waals surface area contributed by atoms with Crippen LogP contribution in [0.5, 0.6) is 11.6 Å². The van der Waals surface area contributed by atoms with Crippen LogP contribution >= 0.6 is 0 Å². The van der Waals surface area contributed by atoms with Crippen LogP contribution in [0.4, 0.5) is 11.4 Å². The summed E-state index contributed by atoms with van der Waals surface area (Å²) in [5, 5.41) is 3.07. The molecule has 0 bridgehead atoms. The monoisotopic (exact) mass is 272 g/mol. The SMILES string of the molecule is NC(=O)c1cnccc1Nc1cnc2c(c1)OCCO2. The van der Waals surface area contributed by atoms with E-state index in [1.807, 2.05) is 0 Å². The molecule has 0 saturated carbocycles. The third-order valence-corrected chi connectivity index (χ3v) is 2.76. The zero-order valence-corrected chi connectivity index (χ0v) is 10.5. The summed E-state index contributed by atoms with van der Waals surface area (Å²) in [4.78, 5) is 19.4. The van der Waals surface area contributed by atoms with Gasteiger partial charge in [-0.15, -0.1) is 0 Å². The number of nitrogens with one attached hydrogen (secondary N) is 1. The number of anilines is 2. The fraction of sp³-hybridized carbons (Fsp3) is 0.154. The van der Waals surface area contributed by atoms with Gasteiger partial charge in [0, 0.05) is 18.5 Å². The van der Waals surface area contributed by atoms with Crippen LogP contribution in [-0.4, -0.2) is 29.1 Å². The van der Waals surface area contributed by atoms with Crippen LogP contribution in [-0.2, 0) is 0 Å². The molecule has 1 aliphatic rings. The van der Waals surface area contributed by atoms with Gasteiger partial charge in [0.05, 0.1) is 23.1 Å². The highest BCUT2D eigenvalue weighted by atomic mass is 16.6. The summed E-state index contributed by atoms with van der Waals surface area (Å²) in [5.74, 6) is 0.480. The van der Waals surface area contributed by atoms with Crippen molar-refractivity contribution in [2.24, 2.45) is 5.73 Å². The molecule has 20 heavy (non-hydrogen) atoms. The molecule has 1 amide bonds. The van der Waals surface area contributed by atoms with Crippen molar-refractivity contribution in [3.05, 3.63) is 36.3 Å². The zero-order valence-electron chi connectivity index (χ0n) is 10.5. The second-order valence-electron chi connectivity index (χ2n) is 4.13. The first-order chi connectivity index (χ1) is 9.74. The van der Waals surface area contributed by atoms with Crippen molar-refractivity contribution in [3.63, 3.8) is 0 Å². The highest BCUT2D eigenvalue weighted by Crippen LogP contribution is 2.31. The molecule has 0 unspecified atom stereocenters. The number of fused-ring (bicyclic) bond motifs is 1. The molecule has 3 N–H and O–H groups in total. The van der Waals surface area contributed by atoms with Crippen LogP contribution in [0, 0.1) is 0 Å². The Bertz CT molecular complexity index is 660. The standard InChI is InChI=1S/C13H12N4O3/c14-12(18)9-7-15-2-1-10(9)17-8-5-11-13(16-6-8)20-4-3-19-11/h1-2,5-7H,3-4H2,(H2,14,18)(H,15,17). The van der Waals surface area contributed by atoms with E-state index in [4.69, 9.17) is 15.2 Å². The first-order valence-corrected chi connectivity index (χ1v) is 6.00. The largest absolute Gasteiger partial charge is 0.484 e. The Labute approximate surface area is 114 Å². The highest BCUT2D eigenvalue weighted by Gasteiger charge is 2.14. The number of rotatable bonds is 3. The van der Waals surface area contributed by atoms with Crippen LogP contribution in [0.1, 0.15) is 10.4 Å². The van der Waals surface area contributed by atoms with Gasteiger partial charge in [0.15, 0.2) is 5.75 Å². The Hall–Kier alpha value is -2.83. The molecule has 0 atom stereocenters. The maximum Gasteiger partial charge on any atom is 0.257 e. The van der Waals surface area contributed by atoms with E-state index in [0.717, 1.165) is 0 Å². The van der Waals surface area contributed by atoms with E-state index >= 15 is 0 Å². The van der Waals surface area contributed by atoms with Gasteiger partial charge in [-0.05, 0) is 6.07 Å². The predicted octanol–water partition coefficient (Wildman–Crippen LogP) is 1.09. The zero-order chi connectivity index (χ0) is 13.9. The molecular weight excluding hydrogens is 260 g/mol. The molecule has 0 spiro atoms. The fourth-order valence-corrected chi connectivity index (χ4v) is 1.86. The van der Waals surface area contributed by atoms with Crippen molar-refractivity contribution >= 4 is 17.3 Å². The number of aromatic nitrogens is 2. The Morgan fingerprint density at radius 2 is 2.15 bits per heavy atom. The number of nitrogens with two attached hydrogens (primary N) is 1. The minimum Gasteiger partial charge on any atom is -0.484 e. The lowest BCUT2D eigenvalue weighted by Gasteiger charge is -2.18. The summed E-state index contributed by atoms with van der Waals surface area (Å²) < 4.78 is 10.8. The van der Waals surface area contributed by atoms with Gasteiger partial charge >= 0.3 is 0 Å². The number of hydrogen-bond acceptors (Lipinski definition) is 6. The summed E-state index contributed by atoms with van der Waals surface area (Å²) in [6.07, 6.45) is 4.58. The number of hydrogen-bond donors (Lipinski definition) is 2. The fourth-order valence-electron chi connectivity index (χ4n) is 1.86. The Kier molecular flexibility index (Phi) is 3.08. The Morgan fingerprint density at radius 1 is 1.30 bits per heavy atom. The normalized spacial score (nSPS) is 12.8. The van der Waals surface area contributed by atoms with Crippen LogP contribution in [0.2, 0.25) is 0 Å². The minimum atomic E-state index is -0.550. The Balaban J connectivity index is 1.90. The van der Waals surface area contributed by atoms with E-state index in [-0.39, 0.29) is 0 Å². The van der Waals surface area contributed by atoms with E-state index in [2.05, 4.69) is 15.3 Å². The van der Waals surface area contributed by atoms with Gasteiger partial charge in [-0.3, -0.25) is 9.78 Å². The maximum absolute atomic E-state index is 11.3. The lowest BCUT2D eigenvalue weighted by atomic mass is 10.2. The molecule has 0 aliphatic carbocycles. The molecule has 102 valence electrons. The van der Waals surface area contributed by atoms with Gasteiger partial charge in [0.25, 0.3) is 11.8 Å². The molecule has 3 heterocycles. The summed E-state index contributed by atoms with van der Waals surface area (Å²) in [6.45, 7) is 0.975. The molecule has 2 aromatic rings. The minimum absolute atomic E-state index is 0.308. The number of pyridine rings is 2. The van der Waals surface area contributed by atoms with Gasteiger partial charge in [-0.1, -0.05) is 0 Å². The molecule has 2 aromatic heterocycles. The molecule has 7 heteroatoms. The van der Waals surface area contributed by atoms with Gasteiger partial charge in [-0.25, -0.2) is 4.98 Å². The topological polar surface area (TPSA) is 99.4 Å². The Morgan fingerprint density at radius 3 is 3.00 bits per heavy atom. The van der Waals surface area contributed by atoms with Crippen LogP contribution in [0.3, 0.4) is 0 Å². The first kappa shape index (κ1) is 12.2. The van der Waals surface area contributed by atoms with Gasteiger partial charge in [-0.2, -0.15) is 0 Å². The second kappa shape index (κ2) is 5.04. The quantitative estimate of drug-likeness (QED) is 0.867. The lowest BCUT2D eigenvalue weighted by molar-refractivity contribution is 0.100. The van der Waals surface area contributed by atoms with E-state index in [1.54, 1.807) is 24.5 Å². The number of ether oxygens (including phenoxy) is 2. The average Bonchev–Trinajstić information content (AvgIpc) is 2.47. The summed E-state index contributed by atoms with van der Waals surface area (Å²) in [7, 11) is 0. The van der Waals surface area contributed by atoms with Crippen LogP contribution in [0.15, 0.2) is 30.7 Å². The highest BCUT2D eigenvalue weighted by molar-refractivity contribution is 5.98. The number of carbonyl (C=O) groups excluding carboxylic acids is 1. The molecule has 3 rings (SSSR count). The molecule has 0 fully saturated rings. The summed E-state index contributed by atoms with van der Waals surface area (Å²) in [6, 6.07) is 3.42. The van der Waals surface area contributed by atoms with E-state index in [9.17, 15) is 4.79 Å². The third-order valence-electron chi connectivity index (χ3n) is 2.76. The van der Waals surface area contributed by atoms with Crippen molar-refractivity contribution in [1.29, 1.82) is 0 Å². The number of carbonyl (C=O) groups is 1. The summed E-state index contributed by atoms with van der Waals surface area (Å²) in [5.41, 5.74) is 6.84. The number of primary amides is 1. The molecular formula is C13H12N4O3. The van der Waals surface area contributed by atoms with Crippen molar-refractivity contribution in [3.8, 4) is 11.6 Å². The van der Waals surface area contributed by atoms with Crippen molar-refractivity contribution in [2.45, 2.75) is 0 Å². The van der Waals surface area contributed by atoms with Crippen LogP contribution < -0.4 is 20.5 Å². The maximum atomic E-state index is 11.3. The van der Waals surface area contributed by atoms with Gasteiger partial charge in [0.2, 0.25) is 0 Å². The van der Waals surface area contributed by atoms with Gasteiger partial charge in [0.1, 0.15) is 13.2 Å². The number of nitrogens with zero attached hydrogens (tertiary/aromatic N) is 2. The number of amides is 1. The average molecular weight is 272 g/mol. The molecule has 0 radical (unpaired) electrons. The second-order valence-corrected chi connectivity index (χ2v) is 4.13. The molecule has 0 aromatic carbocycles. The van der Waals surface area contributed by atoms with E-state index < -0.39 is 5.91 Å². The molecule has 7 nitrogen and oxygen atoms in total. The molecule has 0 saturated heterocycles. The first-order valence-electron chi connectivity index (χ1n) is 6.00.